The summed E-state index contributed by atoms with van der Waals surface area (Å²) in [5, 5.41) is 21.8. The normalized spacial score (nSPS) is 15.2. The van der Waals surface area contributed by atoms with Crippen LogP contribution >= 0.6 is 0 Å². The minimum atomic E-state index is -3.64. The quantitative estimate of drug-likeness (QED) is 0.525. The number of hydrogen-bond donors (Lipinski definition) is 2. The number of benzene rings is 2. The fourth-order valence-electron chi connectivity index (χ4n) is 3.30. The molecule has 1 heterocycles. The number of methoxy groups -OCH3 is 1. The number of amides is 1. The van der Waals surface area contributed by atoms with Crippen molar-refractivity contribution in [2.24, 2.45) is 0 Å². The third kappa shape index (κ3) is 5.23. The number of nitrogens with one attached hydrogen (secondary N) is 1. The van der Waals surface area contributed by atoms with Crippen molar-refractivity contribution in [1.82, 2.24) is 4.31 Å². The second-order valence-corrected chi connectivity index (χ2v) is 8.99. The van der Waals surface area contributed by atoms with E-state index < -0.39 is 15.9 Å². The van der Waals surface area contributed by atoms with Gasteiger partial charge in [-0.2, -0.15) is 9.57 Å². The number of carbonyl (C=O) groups excluding carboxylic acids is 1. The van der Waals surface area contributed by atoms with E-state index in [0.717, 1.165) is 19.3 Å². The third-order valence-corrected chi connectivity index (χ3v) is 6.82. The van der Waals surface area contributed by atoms with Crippen LogP contribution in [0.3, 0.4) is 0 Å². The molecule has 162 valence electrons. The molecular formula is C22H23N3O5S. The molecule has 1 aliphatic rings. The summed E-state index contributed by atoms with van der Waals surface area (Å²) in [5.41, 5.74) is 0.502. The lowest BCUT2D eigenvalue weighted by molar-refractivity contribution is -0.112. The monoisotopic (exact) mass is 441 g/mol. The van der Waals surface area contributed by atoms with Gasteiger partial charge in [-0.1, -0.05) is 18.6 Å². The van der Waals surface area contributed by atoms with E-state index in [0.29, 0.717) is 18.7 Å². The maximum absolute atomic E-state index is 12.9. The largest absolute Gasteiger partial charge is 0.504 e. The number of rotatable bonds is 6. The highest BCUT2D eigenvalue weighted by Crippen LogP contribution is 2.27. The van der Waals surface area contributed by atoms with Crippen LogP contribution in [0.5, 0.6) is 11.5 Å². The first kappa shape index (κ1) is 22.3. The summed E-state index contributed by atoms with van der Waals surface area (Å²) in [6.45, 7) is 0.962. The SMILES string of the molecule is COc1ccc(/C=C(\C#N)C(=O)Nc2cccc(S(=O)(=O)N3CCCCC3)c2)cc1O. The van der Waals surface area contributed by atoms with Gasteiger partial charge in [0.2, 0.25) is 10.0 Å². The van der Waals surface area contributed by atoms with Crippen LogP contribution in [0, 0.1) is 11.3 Å². The number of nitrogens with zero attached hydrogens (tertiary/aromatic N) is 2. The maximum Gasteiger partial charge on any atom is 0.266 e. The van der Waals surface area contributed by atoms with Crippen LogP contribution in [0.25, 0.3) is 6.08 Å². The Balaban J connectivity index is 1.80. The van der Waals surface area contributed by atoms with E-state index in [9.17, 15) is 23.6 Å². The summed E-state index contributed by atoms with van der Waals surface area (Å²) in [6, 6.07) is 12.3. The van der Waals surface area contributed by atoms with Gasteiger partial charge in [-0.25, -0.2) is 8.42 Å². The van der Waals surface area contributed by atoms with Crippen LogP contribution in [0.15, 0.2) is 52.9 Å². The van der Waals surface area contributed by atoms with Gasteiger partial charge in [-0.05, 0) is 54.8 Å². The fraction of sp³-hybridized carbons (Fsp3) is 0.273. The van der Waals surface area contributed by atoms with E-state index in [4.69, 9.17) is 4.74 Å². The summed E-state index contributed by atoms with van der Waals surface area (Å²) >= 11 is 0. The van der Waals surface area contributed by atoms with Gasteiger partial charge in [0.25, 0.3) is 5.91 Å². The molecule has 0 atom stereocenters. The van der Waals surface area contributed by atoms with Crippen molar-refractivity contribution >= 4 is 27.7 Å². The van der Waals surface area contributed by atoms with Gasteiger partial charge in [0, 0.05) is 18.8 Å². The summed E-state index contributed by atoms with van der Waals surface area (Å²) in [5.74, 6) is -0.540. The minimum Gasteiger partial charge on any atom is -0.504 e. The van der Waals surface area contributed by atoms with Crippen LogP contribution in [0.4, 0.5) is 5.69 Å². The Morgan fingerprint density at radius 3 is 2.58 bits per heavy atom. The molecule has 1 amide bonds. The number of hydrogen-bond acceptors (Lipinski definition) is 6. The Bertz CT molecular complexity index is 1150. The number of nitriles is 1. The molecule has 0 aliphatic carbocycles. The highest BCUT2D eigenvalue weighted by atomic mass is 32.2. The zero-order chi connectivity index (χ0) is 22.4. The van der Waals surface area contributed by atoms with Crippen LogP contribution in [-0.4, -0.2) is 43.9 Å². The summed E-state index contributed by atoms with van der Waals surface area (Å²) in [4.78, 5) is 12.7. The molecule has 9 heteroatoms. The number of piperidine rings is 1. The Kier molecular flexibility index (Phi) is 6.95. The molecule has 8 nitrogen and oxygen atoms in total. The van der Waals surface area contributed by atoms with E-state index in [1.54, 1.807) is 18.2 Å². The molecular weight excluding hydrogens is 418 g/mol. The molecule has 2 aromatic rings. The average molecular weight is 442 g/mol. The molecule has 2 aromatic carbocycles. The van der Waals surface area contributed by atoms with Crippen molar-refractivity contribution in [3.05, 3.63) is 53.6 Å². The number of sulfonamides is 1. The summed E-state index contributed by atoms with van der Waals surface area (Å²) in [6.07, 6.45) is 3.99. The van der Waals surface area contributed by atoms with Gasteiger partial charge in [0.1, 0.15) is 11.6 Å². The Morgan fingerprint density at radius 2 is 1.94 bits per heavy atom. The molecule has 3 rings (SSSR count). The fourth-order valence-corrected chi connectivity index (χ4v) is 4.86. The maximum atomic E-state index is 12.9. The average Bonchev–Trinajstić information content (AvgIpc) is 2.78. The number of anilines is 1. The molecule has 31 heavy (non-hydrogen) atoms. The summed E-state index contributed by atoms with van der Waals surface area (Å²) < 4.78 is 32.1. The van der Waals surface area contributed by atoms with E-state index >= 15 is 0 Å². The van der Waals surface area contributed by atoms with Crippen molar-refractivity contribution in [2.45, 2.75) is 24.2 Å². The summed E-state index contributed by atoms with van der Waals surface area (Å²) in [7, 11) is -2.23. The number of ether oxygens (including phenoxy) is 1. The van der Waals surface area contributed by atoms with Crippen LogP contribution in [-0.2, 0) is 14.8 Å². The van der Waals surface area contributed by atoms with Gasteiger partial charge in [0.05, 0.1) is 12.0 Å². The first-order valence-electron chi connectivity index (χ1n) is 9.75. The van der Waals surface area contributed by atoms with E-state index in [1.165, 1.54) is 41.8 Å². The Morgan fingerprint density at radius 1 is 1.19 bits per heavy atom. The molecule has 0 aromatic heterocycles. The van der Waals surface area contributed by atoms with Gasteiger partial charge in [-0.15, -0.1) is 0 Å². The van der Waals surface area contributed by atoms with Crippen LogP contribution < -0.4 is 10.1 Å². The van der Waals surface area contributed by atoms with Gasteiger partial charge in [-0.3, -0.25) is 4.79 Å². The smallest absolute Gasteiger partial charge is 0.266 e. The third-order valence-electron chi connectivity index (χ3n) is 4.92. The molecule has 1 aliphatic heterocycles. The van der Waals surface area contributed by atoms with Crippen molar-refractivity contribution in [1.29, 1.82) is 5.26 Å². The van der Waals surface area contributed by atoms with Crippen LogP contribution in [0.2, 0.25) is 0 Å². The minimum absolute atomic E-state index is 0.0924. The molecule has 0 spiro atoms. The molecule has 0 bridgehead atoms. The van der Waals surface area contributed by atoms with Crippen LogP contribution in [0.1, 0.15) is 24.8 Å². The lowest BCUT2D eigenvalue weighted by atomic mass is 10.1. The topological polar surface area (TPSA) is 120 Å². The number of carbonyl (C=O) groups is 1. The zero-order valence-electron chi connectivity index (χ0n) is 17.0. The number of aromatic hydroxyl groups is 1. The lowest BCUT2D eigenvalue weighted by Crippen LogP contribution is -2.35. The second-order valence-electron chi connectivity index (χ2n) is 7.05. The van der Waals surface area contributed by atoms with Crippen molar-refractivity contribution in [3.8, 4) is 17.6 Å². The highest BCUT2D eigenvalue weighted by molar-refractivity contribution is 7.89. The molecule has 2 N–H and O–H groups in total. The number of phenolic OH excluding ortho intramolecular Hbond substituents is 1. The van der Waals surface area contributed by atoms with Gasteiger partial charge in [0.15, 0.2) is 11.5 Å². The molecule has 1 fully saturated rings. The van der Waals surface area contributed by atoms with Crippen molar-refractivity contribution < 1.29 is 23.1 Å². The second kappa shape index (κ2) is 9.64. The molecule has 1 saturated heterocycles. The zero-order valence-corrected chi connectivity index (χ0v) is 17.9. The Hall–Kier alpha value is -3.35. The predicted molar refractivity (Wildman–Crippen MR) is 116 cm³/mol. The van der Waals surface area contributed by atoms with E-state index in [2.05, 4.69) is 5.32 Å². The van der Waals surface area contributed by atoms with Gasteiger partial charge < -0.3 is 15.2 Å². The van der Waals surface area contributed by atoms with E-state index in [1.807, 2.05) is 6.07 Å². The standard InChI is InChI=1S/C22H23N3O5S/c1-30-21-9-8-16(13-20(21)26)12-17(15-23)22(27)24-18-6-5-7-19(14-18)31(28,29)25-10-3-2-4-11-25/h5-9,12-14,26H,2-4,10-11H2,1H3,(H,24,27)/b17-12+. The van der Waals surface area contributed by atoms with Crippen molar-refractivity contribution in [2.75, 3.05) is 25.5 Å². The highest BCUT2D eigenvalue weighted by Gasteiger charge is 2.26. The first-order valence-corrected chi connectivity index (χ1v) is 11.2. The van der Waals surface area contributed by atoms with Crippen molar-refractivity contribution in [3.63, 3.8) is 0 Å². The first-order chi connectivity index (χ1) is 14.8. The van der Waals surface area contributed by atoms with E-state index in [-0.39, 0.29) is 27.7 Å². The predicted octanol–water partition coefficient (Wildman–Crippen LogP) is 3.12. The lowest BCUT2D eigenvalue weighted by Gasteiger charge is -2.26. The molecule has 0 unspecified atom stereocenters. The molecule has 0 radical (unpaired) electrons. The number of phenols is 1. The Labute approximate surface area is 181 Å². The van der Waals surface area contributed by atoms with Gasteiger partial charge >= 0.3 is 0 Å². The molecule has 0 saturated carbocycles.